The monoisotopic (exact) mass is 440 g/mol. The molecule has 0 aliphatic carbocycles. The predicted octanol–water partition coefficient (Wildman–Crippen LogP) is 6.61. The second-order valence-electron chi connectivity index (χ2n) is 8.93. The number of hydrogen-bond acceptors (Lipinski definition) is 2. The number of nitrogens with zero attached hydrogens (tertiary/aromatic N) is 2. The van der Waals surface area contributed by atoms with Gasteiger partial charge in [-0.15, -0.1) is 0 Å². The third-order valence-electron chi connectivity index (χ3n) is 6.51. The van der Waals surface area contributed by atoms with Gasteiger partial charge in [0.2, 0.25) is 0 Å². The number of carbonyl (C=O) groups excluding carboxylic acids is 2. The average molecular weight is 441 g/mol. The minimum Gasteiger partial charge on any atom is -0.341 e. The summed E-state index contributed by atoms with van der Waals surface area (Å²) in [6, 6.07) is 16.0. The van der Waals surface area contributed by atoms with Crippen LogP contribution in [0.15, 0.2) is 65.3 Å². The first-order chi connectivity index (χ1) is 15.9. The van der Waals surface area contributed by atoms with E-state index < -0.39 is 0 Å². The van der Waals surface area contributed by atoms with Crippen LogP contribution < -0.4 is 4.90 Å². The molecule has 0 unspecified atom stereocenters. The van der Waals surface area contributed by atoms with Crippen LogP contribution in [0.25, 0.3) is 17.0 Å². The maximum Gasteiger partial charge on any atom is 0.266 e. The number of aromatic nitrogens is 1. The van der Waals surface area contributed by atoms with Crippen molar-refractivity contribution >= 4 is 34.5 Å². The minimum absolute atomic E-state index is 0.246. The SMILES string of the molecule is CCCCn1c(/C=C2/C(=O)N(c3ccc(CC)cc3)C(=O)C2=C(C)C)c(C)c2ccccc21. The number of unbranched alkanes of at least 4 members (excludes halogenated alkanes) is 1. The van der Waals surface area contributed by atoms with Crippen LogP contribution in [-0.2, 0) is 22.6 Å². The van der Waals surface area contributed by atoms with Crippen LogP contribution in [0.5, 0.6) is 0 Å². The molecule has 1 saturated heterocycles. The van der Waals surface area contributed by atoms with Crippen molar-refractivity contribution in [2.45, 2.75) is 60.4 Å². The van der Waals surface area contributed by atoms with Gasteiger partial charge in [-0.1, -0.05) is 56.2 Å². The maximum atomic E-state index is 13.6. The molecular weight excluding hydrogens is 408 g/mol. The number of anilines is 1. The van der Waals surface area contributed by atoms with Gasteiger partial charge in [-0.05, 0) is 69.0 Å². The van der Waals surface area contributed by atoms with E-state index in [0.717, 1.165) is 48.2 Å². The van der Waals surface area contributed by atoms with Crippen LogP contribution in [0.2, 0.25) is 0 Å². The summed E-state index contributed by atoms with van der Waals surface area (Å²) < 4.78 is 2.29. The second kappa shape index (κ2) is 9.22. The van der Waals surface area contributed by atoms with Gasteiger partial charge in [-0.3, -0.25) is 9.59 Å². The van der Waals surface area contributed by atoms with Crippen LogP contribution in [-0.4, -0.2) is 16.4 Å². The van der Waals surface area contributed by atoms with E-state index >= 15 is 0 Å². The Morgan fingerprint density at radius 2 is 1.64 bits per heavy atom. The molecule has 4 rings (SSSR count). The molecule has 0 saturated carbocycles. The van der Waals surface area contributed by atoms with Crippen LogP contribution in [0.3, 0.4) is 0 Å². The topological polar surface area (TPSA) is 42.3 Å². The highest BCUT2D eigenvalue weighted by molar-refractivity contribution is 6.38. The number of carbonyl (C=O) groups is 2. The fraction of sp³-hybridized carbons (Fsp3) is 0.310. The molecule has 1 aliphatic rings. The van der Waals surface area contributed by atoms with Gasteiger partial charge in [0.15, 0.2) is 0 Å². The van der Waals surface area contributed by atoms with Crippen molar-refractivity contribution in [3.8, 4) is 0 Å². The zero-order chi connectivity index (χ0) is 23.7. The lowest BCUT2D eigenvalue weighted by molar-refractivity contribution is -0.119. The number of aryl methyl sites for hydroxylation is 3. The second-order valence-corrected chi connectivity index (χ2v) is 8.93. The molecule has 0 spiro atoms. The van der Waals surface area contributed by atoms with E-state index in [4.69, 9.17) is 0 Å². The molecule has 0 N–H and O–H groups in total. The summed E-state index contributed by atoms with van der Waals surface area (Å²) in [7, 11) is 0. The highest BCUT2D eigenvalue weighted by atomic mass is 16.2. The fourth-order valence-electron chi connectivity index (χ4n) is 4.66. The van der Waals surface area contributed by atoms with Crippen molar-refractivity contribution in [1.29, 1.82) is 0 Å². The van der Waals surface area contributed by atoms with E-state index in [0.29, 0.717) is 16.8 Å². The first kappa shape index (κ1) is 22.8. The predicted molar refractivity (Wildman–Crippen MR) is 136 cm³/mol. The Hall–Kier alpha value is -3.40. The van der Waals surface area contributed by atoms with Crippen molar-refractivity contribution in [3.05, 3.63) is 82.1 Å². The number of benzene rings is 2. The van der Waals surface area contributed by atoms with Gasteiger partial charge in [0, 0.05) is 23.1 Å². The van der Waals surface area contributed by atoms with Crippen molar-refractivity contribution < 1.29 is 9.59 Å². The van der Waals surface area contributed by atoms with Gasteiger partial charge >= 0.3 is 0 Å². The van der Waals surface area contributed by atoms with E-state index in [2.05, 4.69) is 43.5 Å². The van der Waals surface area contributed by atoms with Crippen LogP contribution in [0.4, 0.5) is 5.69 Å². The van der Waals surface area contributed by atoms with Crippen LogP contribution >= 0.6 is 0 Å². The average Bonchev–Trinajstić information content (AvgIpc) is 3.22. The first-order valence-corrected chi connectivity index (χ1v) is 11.8. The molecule has 2 heterocycles. The number of allylic oxidation sites excluding steroid dienone is 1. The molecule has 0 radical (unpaired) electrons. The third-order valence-corrected chi connectivity index (χ3v) is 6.51. The normalized spacial score (nSPS) is 15.4. The molecule has 4 nitrogen and oxygen atoms in total. The van der Waals surface area contributed by atoms with Crippen LogP contribution in [0.1, 0.15) is 57.4 Å². The molecule has 4 heteroatoms. The lowest BCUT2D eigenvalue weighted by Crippen LogP contribution is -2.29. The zero-order valence-corrected chi connectivity index (χ0v) is 20.2. The number of fused-ring (bicyclic) bond motifs is 1. The van der Waals surface area contributed by atoms with Crippen molar-refractivity contribution in [1.82, 2.24) is 4.57 Å². The molecule has 0 bridgehead atoms. The summed E-state index contributed by atoms with van der Waals surface area (Å²) in [6.07, 6.45) is 4.98. The molecule has 0 atom stereocenters. The summed E-state index contributed by atoms with van der Waals surface area (Å²) >= 11 is 0. The van der Waals surface area contributed by atoms with Gasteiger partial charge in [-0.25, -0.2) is 4.90 Å². The first-order valence-electron chi connectivity index (χ1n) is 11.8. The lowest BCUT2D eigenvalue weighted by Gasteiger charge is -2.13. The van der Waals surface area contributed by atoms with Gasteiger partial charge in [0.25, 0.3) is 11.8 Å². The number of amides is 2. The summed E-state index contributed by atoms with van der Waals surface area (Å²) in [6.45, 7) is 11.0. The number of hydrogen-bond donors (Lipinski definition) is 0. The van der Waals surface area contributed by atoms with E-state index in [1.165, 1.54) is 15.8 Å². The smallest absolute Gasteiger partial charge is 0.266 e. The van der Waals surface area contributed by atoms with E-state index in [1.54, 1.807) is 0 Å². The van der Waals surface area contributed by atoms with Gasteiger partial charge in [0.05, 0.1) is 16.8 Å². The Morgan fingerprint density at radius 1 is 0.939 bits per heavy atom. The fourth-order valence-corrected chi connectivity index (χ4v) is 4.66. The van der Waals surface area contributed by atoms with Crippen molar-refractivity contribution in [3.63, 3.8) is 0 Å². The molecule has 3 aromatic rings. The Balaban J connectivity index is 1.88. The number of imide groups is 1. The Bertz CT molecular complexity index is 1290. The molecule has 1 aromatic heterocycles. The summed E-state index contributed by atoms with van der Waals surface area (Å²) in [5.74, 6) is -0.503. The maximum absolute atomic E-state index is 13.6. The zero-order valence-electron chi connectivity index (χ0n) is 20.2. The number of para-hydroxylation sites is 1. The molecule has 170 valence electrons. The largest absolute Gasteiger partial charge is 0.341 e. The molecular formula is C29H32N2O2. The molecule has 33 heavy (non-hydrogen) atoms. The molecule has 2 amide bonds. The standard InChI is InChI=1S/C29H32N2O2/c1-6-8-17-30-25-12-10-9-11-23(25)20(5)26(30)18-24-27(19(3)4)29(33)31(28(24)32)22-15-13-21(7-2)14-16-22/h9-16,18H,6-8,17H2,1-5H3/b24-18+. The third kappa shape index (κ3) is 3.95. The Morgan fingerprint density at radius 3 is 2.27 bits per heavy atom. The van der Waals surface area contributed by atoms with Crippen LogP contribution in [0, 0.1) is 6.92 Å². The summed E-state index contributed by atoms with van der Waals surface area (Å²) in [5.41, 5.74) is 6.92. The summed E-state index contributed by atoms with van der Waals surface area (Å²) in [4.78, 5) is 28.4. The van der Waals surface area contributed by atoms with Crippen molar-refractivity contribution in [2.24, 2.45) is 0 Å². The van der Waals surface area contributed by atoms with Gasteiger partial charge in [-0.2, -0.15) is 0 Å². The highest BCUT2D eigenvalue weighted by Crippen LogP contribution is 2.35. The highest BCUT2D eigenvalue weighted by Gasteiger charge is 2.40. The van der Waals surface area contributed by atoms with E-state index in [9.17, 15) is 9.59 Å². The quantitative estimate of drug-likeness (QED) is 0.320. The van der Waals surface area contributed by atoms with E-state index in [1.807, 2.05) is 50.3 Å². The molecule has 1 fully saturated rings. The van der Waals surface area contributed by atoms with Crippen molar-refractivity contribution in [2.75, 3.05) is 4.90 Å². The van der Waals surface area contributed by atoms with Gasteiger partial charge < -0.3 is 4.57 Å². The molecule has 2 aromatic carbocycles. The Labute approximate surface area is 196 Å². The number of rotatable bonds is 6. The van der Waals surface area contributed by atoms with E-state index in [-0.39, 0.29) is 11.8 Å². The minimum atomic E-state index is -0.257. The molecule has 1 aliphatic heterocycles. The Kier molecular flexibility index (Phi) is 6.37. The van der Waals surface area contributed by atoms with Gasteiger partial charge in [0.1, 0.15) is 0 Å². The lowest BCUT2D eigenvalue weighted by atomic mass is 10.0. The summed E-state index contributed by atoms with van der Waals surface area (Å²) in [5, 5.41) is 1.18.